The van der Waals surface area contributed by atoms with Crippen LogP contribution in [0.3, 0.4) is 0 Å². The molecule has 84 valence electrons. The molecule has 1 N–H and O–H groups in total. The van der Waals surface area contributed by atoms with E-state index < -0.39 is 5.82 Å². The zero-order valence-corrected chi connectivity index (χ0v) is 9.42. The third-order valence-electron chi connectivity index (χ3n) is 2.03. The van der Waals surface area contributed by atoms with Crippen molar-refractivity contribution in [3.63, 3.8) is 0 Å². The first-order valence-corrected chi connectivity index (χ1v) is 5.50. The Bertz CT molecular complexity index is 498. The lowest BCUT2D eigenvalue weighted by Gasteiger charge is -2.04. The van der Waals surface area contributed by atoms with Crippen molar-refractivity contribution in [2.75, 3.05) is 0 Å². The molecule has 1 aromatic carbocycles. The minimum absolute atomic E-state index is 0.267. The molecule has 0 saturated heterocycles. The summed E-state index contributed by atoms with van der Waals surface area (Å²) in [7, 11) is 0. The van der Waals surface area contributed by atoms with Crippen LogP contribution in [-0.2, 0) is 6.61 Å². The summed E-state index contributed by atoms with van der Waals surface area (Å²) in [6, 6.07) is 4.63. The zero-order chi connectivity index (χ0) is 11.5. The molecule has 1 heterocycles. The van der Waals surface area contributed by atoms with E-state index in [0.717, 1.165) is 5.69 Å². The Hall–Kier alpha value is -1.33. The van der Waals surface area contributed by atoms with E-state index in [4.69, 9.17) is 9.52 Å². The molecule has 2 rings (SSSR count). The average Bonchev–Trinajstić information content (AvgIpc) is 2.64. The van der Waals surface area contributed by atoms with Crippen molar-refractivity contribution < 1.29 is 13.9 Å². The van der Waals surface area contributed by atoms with Crippen molar-refractivity contribution in [3.8, 4) is 0 Å². The van der Waals surface area contributed by atoms with Gasteiger partial charge in [0.05, 0.1) is 12.3 Å². The van der Waals surface area contributed by atoms with Crippen LogP contribution in [0.5, 0.6) is 0 Å². The topological polar surface area (TPSA) is 46.3 Å². The molecule has 2 aromatic rings. The van der Waals surface area contributed by atoms with Crippen LogP contribution in [0.15, 0.2) is 39.0 Å². The molecule has 0 atom stereocenters. The highest BCUT2D eigenvalue weighted by atomic mass is 32.2. The molecule has 0 amide bonds. The Morgan fingerprint density at radius 1 is 1.50 bits per heavy atom. The Balaban J connectivity index is 2.30. The fourth-order valence-electron chi connectivity index (χ4n) is 1.26. The summed E-state index contributed by atoms with van der Waals surface area (Å²) >= 11 is 1.20. The van der Waals surface area contributed by atoms with Crippen molar-refractivity contribution >= 4 is 11.8 Å². The smallest absolute Gasteiger partial charge is 0.260 e. The summed E-state index contributed by atoms with van der Waals surface area (Å²) in [6.45, 7) is 1.47. The highest BCUT2D eigenvalue weighted by Crippen LogP contribution is 2.30. The van der Waals surface area contributed by atoms with Gasteiger partial charge in [0.15, 0.2) is 0 Å². The summed E-state index contributed by atoms with van der Waals surface area (Å²) < 4.78 is 18.5. The number of oxazole rings is 1. The van der Waals surface area contributed by atoms with E-state index in [0.29, 0.717) is 10.1 Å². The van der Waals surface area contributed by atoms with Crippen molar-refractivity contribution in [2.45, 2.75) is 23.6 Å². The SMILES string of the molecule is Cc1coc(Sc2cccc(F)c2CO)n1. The summed E-state index contributed by atoms with van der Waals surface area (Å²) in [5, 5.41) is 9.52. The molecular weight excluding hydrogens is 229 g/mol. The van der Waals surface area contributed by atoms with E-state index in [1.807, 2.05) is 6.92 Å². The van der Waals surface area contributed by atoms with Gasteiger partial charge in [0.1, 0.15) is 12.1 Å². The molecule has 0 aliphatic carbocycles. The van der Waals surface area contributed by atoms with E-state index >= 15 is 0 Å². The second-order valence-electron chi connectivity index (χ2n) is 3.23. The van der Waals surface area contributed by atoms with Gasteiger partial charge in [-0.1, -0.05) is 6.07 Å². The minimum atomic E-state index is -0.421. The number of aliphatic hydroxyl groups excluding tert-OH is 1. The van der Waals surface area contributed by atoms with Crippen molar-refractivity contribution in [2.24, 2.45) is 0 Å². The fraction of sp³-hybridized carbons (Fsp3) is 0.182. The first-order chi connectivity index (χ1) is 7.70. The molecule has 1 aromatic heterocycles. The van der Waals surface area contributed by atoms with E-state index in [9.17, 15) is 4.39 Å². The number of aromatic nitrogens is 1. The largest absolute Gasteiger partial charge is 0.439 e. The fourth-order valence-corrected chi connectivity index (χ4v) is 2.17. The summed E-state index contributed by atoms with van der Waals surface area (Å²) in [5.41, 5.74) is 1.04. The molecule has 0 spiro atoms. The number of hydrogen-bond donors (Lipinski definition) is 1. The van der Waals surface area contributed by atoms with Crippen LogP contribution in [0.4, 0.5) is 4.39 Å². The summed E-state index contributed by atoms with van der Waals surface area (Å²) in [5.74, 6) is -0.421. The van der Waals surface area contributed by atoms with Gasteiger partial charge in [0, 0.05) is 10.5 Å². The van der Waals surface area contributed by atoms with Gasteiger partial charge in [0.2, 0.25) is 0 Å². The lowest BCUT2D eigenvalue weighted by atomic mass is 10.2. The molecule has 5 heteroatoms. The van der Waals surface area contributed by atoms with E-state index in [1.54, 1.807) is 12.1 Å². The first kappa shape index (κ1) is 11.2. The van der Waals surface area contributed by atoms with Gasteiger partial charge in [-0.2, -0.15) is 0 Å². The van der Waals surface area contributed by atoms with Crippen LogP contribution >= 0.6 is 11.8 Å². The lowest BCUT2D eigenvalue weighted by Crippen LogP contribution is -1.92. The molecule has 3 nitrogen and oxygen atoms in total. The zero-order valence-electron chi connectivity index (χ0n) is 8.61. The molecule has 0 unspecified atom stereocenters. The van der Waals surface area contributed by atoms with Crippen LogP contribution in [0.2, 0.25) is 0 Å². The van der Waals surface area contributed by atoms with Gasteiger partial charge in [-0.25, -0.2) is 9.37 Å². The van der Waals surface area contributed by atoms with Crippen molar-refractivity contribution in [3.05, 3.63) is 41.5 Å². The molecule has 16 heavy (non-hydrogen) atoms. The predicted molar refractivity (Wildman–Crippen MR) is 57.7 cm³/mol. The standard InChI is InChI=1S/C11H10FNO2S/c1-7-6-15-11(13-7)16-10-4-2-3-9(12)8(10)5-14/h2-4,6,14H,5H2,1H3. The number of aryl methyl sites for hydroxylation is 1. The molecule has 0 fully saturated rings. The molecule has 0 aliphatic rings. The number of halogens is 1. The van der Waals surface area contributed by atoms with Crippen LogP contribution < -0.4 is 0 Å². The van der Waals surface area contributed by atoms with E-state index in [2.05, 4.69) is 4.98 Å². The minimum Gasteiger partial charge on any atom is -0.439 e. The number of rotatable bonds is 3. The normalized spacial score (nSPS) is 10.7. The highest BCUT2D eigenvalue weighted by Gasteiger charge is 2.11. The Morgan fingerprint density at radius 3 is 2.94 bits per heavy atom. The third kappa shape index (κ3) is 2.25. The van der Waals surface area contributed by atoms with Gasteiger partial charge >= 0.3 is 0 Å². The van der Waals surface area contributed by atoms with E-state index in [-0.39, 0.29) is 12.2 Å². The summed E-state index contributed by atoms with van der Waals surface area (Å²) in [6.07, 6.45) is 1.53. The van der Waals surface area contributed by atoms with Gasteiger partial charge in [-0.15, -0.1) is 0 Å². The third-order valence-corrected chi connectivity index (χ3v) is 2.99. The number of nitrogens with zero attached hydrogens (tertiary/aromatic N) is 1. The monoisotopic (exact) mass is 239 g/mol. The second kappa shape index (κ2) is 4.67. The molecule has 0 radical (unpaired) electrons. The first-order valence-electron chi connectivity index (χ1n) is 4.69. The Labute approximate surface area is 96.3 Å². The maximum Gasteiger partial charge on any atom is 0.260 e. The maximum atomic E-state index is 13.3. The number of hydrogen-bond acceptors (Lipinski definition) is 4. The maximum absolute atomic E-state index is 13.3. The molecule has 0 aliphatic heterocycles. The highest BCUT2D eigenvalue weighted by molar-refractivity contribution is 7.99. The van der Waals surface area contributed by atoms with Crippen molar-refractivity contribution in [1.82, 2.24) is 4.98 Å². The van der Waals surface area contributed by atoms with Crippen LogP contribution in [-0.4, -0.2) is 10.1 Å². The Kier molecular flexibility index (Phi) is 3.26. The van der Waals surface area contributed by atoms with Gasteiger partial charge in [-0.3, -0.25) is 0 Å². The quantitative estimate of drug-likeness (QED) is 0.894. The van der Waals surface area contributed by atoms with Gasteiger partial charge in [-0.05, 0) is 30.8 Å². The van der Waals surface area contributed by atoms with Gasteiger partial charge < -0.3 is 9.52 Å². The molecule has 0 bridgehead atoms. The molecule has 0 saturated carbocycles. The number of benzene rings is 1. The van der Waals surface area contributed by atoms with Crippen LogP contribution in [0.1, 0.15) is 11.3 Å². The average molecular weight is 239 g/mol. The lowest BCUT2D eigenvalue weighted by molar-refractivity contribution is 0.272. The second-order valence-corrected chi connectivity index (χ2v) is 4.22. The molecular formula is C11H10FNO2S. The predicted octanol–water partition coefficient (Wildman–Crippen LogP) is 2.77. The van der Waals surface area contributed by atoms with E-state index in [1.165, 1.54) is 24.1 Å². The van der Waals surface area contributed by atoms with Crippen LogP contribution in [0.25, 0.3) is 0 Å². The number of aliphatic hydroxyl groups is 1. The Morgan fingerprint density at radius 2 is 2.31 bits per heavy atom. The van der Waals surface area contributed by atoms with Crippen molar-refractivity contribution in [1.29, 1.82) is 0 Å². The van der Waals surface area contributed by atoms with Gasteiger partial charge in [0.25, 0.3) is 5.22 Å². The van der Waals surface area contributed by atoms with Crippen LogP contribution in [0, 0.1) is 12.7 Å². The summed E-state index contributed by atoms with van der Waals surface area (Å²) in [4.78, 5) is 4.72.